The van der Waals surface area contributed by atoms with Crippen molar-refractivity contribution in [2.75, 3.05) is 7.05 Å². The van der Waals surface area contributed by atoms with Crippen LogP contribution in [0.2, 0.25) is 5.15 Å². The van der Waals surface area contributed by atoms with Crippen LogP contribution in [0.4, 0.5) is 0 Å². The zero-order chi connectivity index (χ0) is 10.8. The van der Waals surface area contributed by atoms with Gasteiger partial charge in [0.25, 0.3) is 0 Å². The third-order valence-electron chi connectivity index (χ3n) is 3.18. The molecule has 1 aromatic heterocycles. The Labute approximate surface area is 96.3 Å². The quantitative estimate of drug-likeness (QED) is 0.731. The van der Waals surface area contributed by atoms with Gasteiger partial charge in [-0.15, -0.1) is 0 Å². The number of nitrogens with zero attached hydrogens (tertiary/aromatic N) is 2. The van der Waals surface area contributed by atoms with Crippen molar-refractivity contribution >= 4 is 11.6 Å². The molecule has 2 rings (SSSR count). The average molecular weight is 225 g/mol. The van der Waals surface area contributed by atoms with Crippen LogP contribution in [0.5, 0.6) is 0 Å². The molecule has 15 heavy (non-hydrogen) atoms. The van der Waals surface area contributed by atoms with Crippen LogP contribution in [0.1, 0.15) is 25.5 Å². The molecule has 1 aliphatic carbocycles. The molecule has 1 aliphatic rings. The molecule has 1 fully saturated rings. The highest BCUT2D eigenvalue weighted by Crippen LogP contribution is 2.34. The van der Waals surface area contributed by atoms with Gasteiger partial charge in [-0.2, -0.15) is 0 Å². The molecule has 1 heterocycles. The molecule has 1 atom stereocenters. The van der Waals surface area contributed by atoms with Crippen LogP contribution in [0.15, 0.2) is 18.2 Å². The number of pyridine rings is 1. The lowest BCUT2D eigenvalue weighted by Crippen LogP contribution is -2.30. The zero-order valence-electron chi connectivity index (χ0n) is 9.28. The minimum absolute atomic E-state index is 0.583. The Hall–Kier alpha value is -0.600. The first-order valence-corrected chi connectivity index (χ1v) is 5.86. The molecular weight excluding hydrogens is 208 g/mol. The van der Waals surface area contributed by atoms with Crippen LogP contribution < -0.4 is 0 Å². The average Bonchev–Trinajstić information content (AvgIpc) is 2.99. The van der Waals surface area contributed by atoms with Crippen LogP contribution in [-0.2, 0) is 6.54 Å². The van der Waals surface area contributed by atoms with Crippen molar-refractivity contribution in [3.05, 3.63) is 29.0 Å². The van der Waals surface area contributed by atoms with Gasteiger partial charge in [0.1, 0.15) is 5.15 Å². The molecule has 0 radical (unpaired) electrons. The lowest BCUT2D eigenvalue weighted by Gasteiger charge is -2.24. The first-order chi connectivity index (χ1) is 7.16. The maximum absolute atomic E-state index is 5.85. The Morgan fingerprint density at radius 3 is 2.87 bits per heavy atom. The van der Waals surface area contributed by atoms with Crippen molar-refractivity contribution in [1.82, 2.24) is 9.88 Å². The molecule has 3 heteroatoms. The van der Waals surface area contributed by atoms with Crippen LogP contribution in [0.3, 0.4) is 0 Å². The second kappa shape index (κ2) is 4.50. The van der Waals surface area contributed by atoms with Gasteiger partial charge < -0.3 is 0 Å². The molecule has 1 aromatic rings. The van der Waals surface area contributed by atoms with E-state index in [1.54, 1.807) is 0 Å². The van der Waals surface area contributed by atoms with Gasteiger partial charge in [0.05, 0.1) is 5.69 Å². The summed E-state index contributed by atoms with van der Waals surface area (Å²) in [6, 6.07) is 6.46. The van der Waals surface area contributed by atoms with Crippen molar-refractivity contribution < 1.29 is 0 Å². The molecule has 0 N–H and O–H groups in total. The lowest BCUT2D eigenvalue weighted by atomic mass is 10.2. The monoisotopic (exact) mass is 224 g/mol. The number of rotatable bonds is 4. The third kappa shape index (κ3) is 2.93. The maximum atomic E-state index is 5.85. The zero-order valence-corrected chi connectivity index (χ0v) is 10.0. The van der Waals surface area contributed by atoms with E-state index in [1.807, 2.05) is 18.2 Å². The Morgan fingerprint density at radius 2 is 2.27 bits per heavy atom. The first-order valence-electron chi connectivity index (χ1n) is 5.48. The van der Waals surface area contributed by atoms with Gasteiger partial charge in [0.2, 0.25) is 0 Å². The van der Waals surface area contributed by atoms with Gasteiger partial charge in [-0.25, -0.2) is 4.98 Å². The molecule has 0 saturated heterocycles. The van der Waals surface area contributed by atoms with Gasteiger partial charge in [-0.1, -0.05) is 17.7 Å². The smallest absolute Gasteiger partial charge is 0.129 e. The second-order valence-corrected chi connectivity index (χ2v) is 4.83. The van der Waals surface area contributed by atoms with Crippen molar-refractivity contribution in [1.29, 1.82) is 0 Å². The normalized spacial score (nSPS) is 18.1. The van der Waals surface area contributed by atoms with Crippen molar-refractivity contribution in [3.63, 3.8) is 0 Å². The fourth-order valence-corrected chi connectivity index (χ4v) is 2.06. The van der Waals surface area contributed by atoms with Crippen LogP contribution in [-0.4, -0.2) is 23.0 Å². The highest BCUT2D eigenvalue weighted by atomic mass is 35.5. The molecule has 0 spiro atoms. The Kier molecular flexibility index (Phi) is 3.27. The summed E-state index contributed by atoms with van der Waals surface area (Å²) in [5.41, 5.74) is 1.05. The molecule has 1 saturated carbocycles. The third-order valence-corrected chi connectivity index (χ3v) is 3.39. The summed E-state index contributed by atoms with van der Waals surface area (Å²) >= 11 is 5.85. The summed E-state index contributed by atoms with van der Waals surface area (Å²) in [6.45, 7) is 3.18. The Bertz CT molecular complexity index is 336. The van der Waals surface area contributed by atoms with E-state index in [0.717, 1.165) is 18.2 Å². The van der Waals surface area contributed by atoms with E-state index in [0.29, 0.717) is 11.2 Å². The largest absolute Gasteiger partial charge is 0.298 e. The lowest BCUT2D eigenvalue weighted by molar-refractivity contribution is 0.224. The van der Waals surface area contributed by atoms with E-state index in [1.165, 1.54) is 12.8 Å². The molecule has 82 valence electrons. The molecular formula is C12H17ClN2. The number of hydrogen-bond donors (Lipinski definition) is 0. The predicted molar refractivity (Wildman–Crippen MR) is 62.9 cm³/mol. The van der Waals surface area contributed by atoms with Gasteiger partial charge in [-0.3, -0.25) is 4.90 Å². The molecule has 2 nitrogen and oxygen atoms in total. The summed E-state index contributed by atoms with van der Waals surface area (Å²) in [6.07, 6.45) is 2.77. The van der Waals surface area contributed by atoms with E-state index in [2.05, 4.69) is 23.9 Å². The van der Waals surface area contributed by atoms with Crippen molar-refractivity contribution in [2.24, 2.45) is 5.92 Å². The SMILES string of the molecule is CC(C1CC1)N(C)Cc1cccc(Cl)n1. The molecule has 0 bridgehead atoms. The van der Waals surface area contributed by atoms with E-state index >= 15 is 0 Å². The summed E-state index contributed by atoms with van der Waals surface area (Å²) in [5, 5.41) is 0.583. The first kappa shape index (κ1) is 10.9. The van der Waals surface area contributed by atoms with Crippen LogP contribution in [0.25, 0.3) is 0 Å². The summed E-state index contributed by atoms with van der Waals surface area (Å²) < 4.78 is 0. The Morgan fingerprint density at radius 1 is 1.53 bits per heavy atom. The fraction of sp³-hybridized carbons (Fsp3) is 0.583. The summed E-state index contributed by atoms with van der Waals surface area (Å²) in [5.74, 6) is 0.897. The van der Waals surface area contributed by atoms with Crippen LogP contribution in [0, 0.1) is 5.92 Å². The van der Waals surface area contributed by atoms with Crippen LogP contribution >= 0.6 is 11.6 Å². The molecule has 0 aliphatic heterocycles. The molecule has 0 aromatic carbocycles. The van der Waals surface area contributed by atoms with Gasteiger partial charge >= 0.3 is 0 Å². The Balaban J connectivity index is 1.95. The standard InChI is InChI=1S/C12H17ClN2/c1-9(10-6-7-10)15(2)8-11-4-3-5-12(13)14-11/h3-5,9-10H,6-8H2,1-2H3. The van der Waals surface area contributed by atoms with Crippen molar-refractivity contribution in [2.45, 2.75) is 32.4 Å². The predicted octanol–water partition coefficient (Wildman–Crippen LogP) is 2.97. The topological polar surface area (TPSA) is 16.1 Å². The maximum Gasteiger partial charge on any atom is 0.129 e. The molecule has 1 unspecified atom stereocenters. The van der Waals surface area contributed by atoms with Gasteiger partial charge in [-0.05, 0) is 44.9 Å². The van der Waals surface area contributed by atoms with Crippen molar-refractivity contribution in [3.8, 4) is 0 Å². The van der Waals surface area contributed by atoms with E-state index in [4.69, 9.17) is 11.6 Å². The number of hydrogen-bond acceptors (Lipinski definition) is 2. The summed E-state index contributed by atoms with van der Waals surface area (Å²) in [4.78, 5) is 6.66. The van der Waals surface area contributed by atoms with E-state index < -0.39 is 0 Å². The van der Waals surface area contributed by atoms with Gasteiger partial charge in [0, 0.05) is 12.6 Å². The van der Waals surface area contributed by atoms with E-state index in [-0.39, 0.29) is 0 Å². The fourth-order valence-electron chi connectivity index (χ4n) is 1.88. The van der Waals surface area contributed by atoms with E-state index in [9.17, 15) is 0 Å². The number of aromatic nitrogens is 1. The molecule has 0 amide bonds. The second-order valence-electron chi connectivity index (χ2n) is 4.44. The number of halogens is 1. The highest BCUT2D eigenvalue weighted by Gasteiger charge is 2.30. The minimum Gasteiger partial charge on any atom is -0.298 e. The highest BCUT2D eigenvalue weighted by molar-refractivity contribution is 6.29. The van der Waals surface area contributed by atoms with Gasteiger partial charge in [0.15, 0.2) is 0 Å². The summed E-state index contributed by atoms with van der Waals surface area (Å²) in [7, 11) is 2.16. The minimum atomic E-state index is 0.583.